The van der Waals surface area contributed by atoms with Crippen molar-refractivity contribution in [2.45, 2.75) is 0 Å². The molecule has 0 saturated carbocycles. The summed E-state index contributed by atoms with van der Waals surface area (Å²) < 4.78 is 59.5. The normalized spacial score (nSPS) is 9.67. The molecule has 0 fully saturated rings. The maximum Gasteiger partial charge on any atom is 2.00 e. The number of rotatable bonds is 0. The van der Waals surface area contributed by atoms with Gasteiger partial charge in [0.05, 0.1) is 0 Å². The smallest absolute Gasteiger partial charge is 0.780 e. The molecule has 0 aliphatic carbocycles. The van der Waals surface area contributed by atoms with Gasteiger partial charge in [0.1, 0.15) is 0 Å². The molecule has 0 aliphatic heterocycles. The summed E-state index contributed by atoms with van der Waals surface area (Å²) in [4.78, 5) is 0. The van der Waals surface area contributed by atoms with E-state index in [0.717, 1.165) is 0 Å². The standard InChI is InChI=1S/Mg.Na.H2O4S.H2O3S2/c;;2*1-5(2,3)4/h;;2*(H2,1,2,3,4)/q+2;+1;;/p-3. The van der Waals surface area contributed by atoms with Crippen LogP contribution in [0.5, 0.6) is 0 Å². The monoisotopic (exact) mass is 256 g/mol. The summed E-state index contributed by atoms with van der Waals surface area (Å²) in [5, 5.41) is 0. The van der Waals surface area contributed by atoms with E-state index < -0.39 is 19.5 Å². The first-order valence-corrected chi connectivity index (χ1v) is 5.05. The third-order valence-electron chi connectivity index (χ3n) is 0. The maximum atomic E-state index is 8.89. The zero-order chi connectivity index (χ0) is 9.00. The van der Waals surface area contributed by atoms with Gasteiger partial charge < -0.3 is 13.7 Å². The van der Waals surface area contributed by atoms with Crippen LogP contribution in [-0.4, -0.2) is 53.9 Å². The second kappa shape index (κ2) is 9.48. The Balaban J connectivity index is -0.0000000457. The van der Waals surface area contributed by atoms with Gasteiger partial charge in [0, 0.05) is 0 Å². The Morgan fingerprint density at radius 1 is 1.08 bits per heavy atom. The molecule has 12 heteroatoms. The molecule has 0 spiro atoms. The van der Waals surface area contributed by atoms with Crippen LogP contribution in [0.1, 0.15) is 0 Å². The molecule has 0 aromatic rings. The van der Waals surface area contributed by atoms with Crippen molar-refractivity contribution in [3.05, 3.63) is 0 Å². The number of hydrogen-bond donors (Lipinski definition) is 1. The van der Waals surface area contributed by atoms with Crippen molar-refractivity contribution < 1.29 is 60.4 Å². The van der Waals surface area contributed by atoms with E-state index in [-0.39, 0.29) is 52.6 Å². The average Bonchev–Trinajstić information content (AvgIpc) is 1.12. The van der Waals surface area contributed by atoms with Gasteiger partial charge in [0.25, 0.3) is 0 Å². The summed E-state index contributed by atoms with van der Waals surface area (Å²) in [6.45, 7) is 0. The van der Waals surface area contributed by atoms with Crippen LogP contribution in [0.4, 0.5) is 0 Å². The molecule has 0 atom stereocenters. The molecule has 0 bridgehead atoms. The second-order valence-corrected chi connectivity index (χ2v) is 3.73. The molecule has 0 unspecified atom stereocenters. The minimum Gasteiger partial charge on any atom is -0.780 e. The minimum atomic E-state index is -4.92. The molecule has 64 valence electrons. The largest absolute Gasteiger partial charge is 2.00 e. The van der Waals surface area contributed by atoms with E-state index in [2.05, 4.69) is 11.2 Å². The molecule has 1 N–H and O–H groups in total. The number of hydrogen-bond acceptors (Lipinski definition) is 7. The summed E-state index contributed by atoms with van der Waals surface area (Å²) in [5.41, 5.74) is 0. The molecule has 0 amide bonds. The van der Waals surface area contributed by atoms with Gasteiger partial charge in [-0.25, -0.2) is 8.42 Å². The zero-order valence-corrected chi connectivity index (χ0v) is 11.7. The molecule has 7 nitrogen and oxygen atoms in total. The van der Waals surface area contributed by atoms with Crippen molar-refractivity contribution in [3.63, 3.8) is 0 Å². The SMILES string of the molecule is O=S(=O)([O-])O.O=S([O-])([O-])=S.[Mg+2].[Na+]. The van der Waals surface area contributed by atoms with E-state index in [1.54, 1.807) is 0 Å². The first-order valence-electron chi connectivity index (χ1n) is 1.35. The Bertz CT molecular complexity index is 215. The topological polar surface area (TPSA) is 141 Å². The summed E-state index contributed by atoms with van der Waals surface area (Å²) >= 11 is 3.24. The molecule has 0 saturated heterocycles. The maximum absolute atomic E-state index is 8.89. The predicted molar refractivity (Wildman–Crippen MR) is 35.1 cm³/mol. The molecular weight excluding hydrogens is 255 g/mol. The molecule has 0 radical (unpaired) electrons. The van der Waals surface area contributed by atoms with Gasteiger partial charge in [-0.1, -0.05) is 0 Å². The van der Waals surface area contributed by atoms with Crippen LogP contribution in [0.2, 0.25) is 0 Å². The van der Waals surface area contributed by atoms with Crippen molar-refractivity contribution in [1.29, 1.82) is 0 Å². The van der Waals surface area contributed by atoms with Crippen molar-refractivity contribution in [3.8, 4) is 0 Å². The van der Waals surface area contributed by atoms with Gasteiger partial charge in [-0.3, -0.25) is 8.76 Å². The predicted octanol–water partition coefficient (Wildman–Crippen LogP) is -5.38. The molecule has 0 rings (SSSR count). The Morgan fingerprint density at radius 3 is 1.08 bits per heavy atom. The molecule has 12 heavy (non-hydrogen) atoms. The van der Waals surface area contributed by atoms with Crippen LogP contribution in [-0.2, 0) is 30.6 Å². The fraction of sp³-hybridized carbons (Fsp3) is 0. The molecular formula is HMgNaO7S3. The second-order valence-electron chi connectivity index (χ2n) is 0.836. The molecule has 0 aromatic carbocycles. The first kappa shape index (κ1) is 23.6. The van der Waals surface area contributed by atoms with Crippen LogP contribution in [0.3, 0.4) is 0 Å². The van der Waals surface area contributed by atoms with Gasteiger partial charge in [0.2, 0.25) is 10.4 Å². The first-order chi connectivity index (χ1) is 4.00. The van der Waals surface area contributed by atoms with Crippen molar-refractivity contribution in [2.24, 2.45) is 0 Å². The molecule has 0 aromatic heterocycles. The Labute approximate surface area is 113 Å². The van der Waals surface area contributed by atoms with Gasteiger partial charge in [-0.15, -0.1) is 9.05 Å². The molecule has 0 aliphatic rings. The van der Waals surface area contributed by atoms with E-state index in [4.69, 9.17) is 30.8 Å². The van der Waals surface area contributed by atoms with Crippen molar-refractivity contribution >= 4 is 53.7 Å². The average molecular weight is 256 g/mol. The van der Waals surface area contributed by atoms with E-state index in [1.165, 1.54) is 0 Å². The summed E-state index contributed by atoms with van der Waals surface area (Å²) in [7, 11) is -9.25. The minimum absolute atomic E-state index is 0. The van der Waals surface area contributed by atoms with Gasteiger partial charge in [-0.2, -0.15) is 0 Å². The van der Waals surface area contributed by atoms with Crippen molar-refractivity contribution in [2.75, 3.05) is 0 Å². The fourth-order valence-electron chi connectivity index (χ4n) is 0. The summed E-state index contributed by atoms with van der Waals surface area (Å²) in [6.07, 6.45) is 0. The summed E-state index contributed by atoms with van der Waals surface area (Å²) in [5.74, 6) is 0. The van der Waals surface area contributed by atoms with E-state index in [0.29, 0.717) is 0 Å². The van der Waals surface area contributed by atoms with Crippen LogP contribution >= 0.6 is 0 Å². The van der Waals surface area contributed by atoms with Crippen LogP contribution in [0, 0.1) is 0 Å². The summed E-state index contributed by atoms with van der Waals surface area (Å²) in [6, 6.07) is 0. The van der Waals surface area contributed by atoms with E-state index in [1.807, 2.05) is 0 Å². The van der Waals surface area contributed by atoms with Gasteiger partial charge in [-0.05, 0) is 11.2 Å². The van der Waals surface area contributed by atoms with Crippen LogP contribution < -0.4 is 29.6 Å². The van der Waals surface area contributed by atoms with E-state index in [9.17, 15) is 0 Å². The van der Waals surface area contributed by atoms with Crippen LogP contribution in [0.25, 0.3) is 0 Å². The third-order valence-corrected chi connectivity index (χ3v) is 0. The quantitative estimate of drug-likeness (QED) is 0.257. The Hall–Kier alpha value is 1.93. The third kappa shape index (κ3) is 384. The van der Waals surface area contributed by atoms with Crippen molar-refractivity contribution in [1.82, 2.24) is 0 Å². The Morgan fingerprint density at radius 2 is 1.08 bits per heavy atom. The zero-order valence-electron chi connectivity index (χ0n) is 5.83. The van der Waals surface area contributed by atoms with Crippen LogP contribution in [0.15, 0.2) is 0 Å². The molecule has 0 heterocycles. The van der Waals surface area contributed by atoms with Gasteiger partial charge >= 0.3 is 52.6 Å². The van der Waals surface area contributed by atoms with E-state index >= 15 is 0 Å². The Kier molecular flexibility index (Phi) is 18.7. The fourth-order valence-corrected chi connectivity index (χ4v) is 0. The van der Waals surface area contributed by atoms with Gasteiger partial charge in [0.15, 0.2) is 0 Å².